The summed E-state index contributed by atoms with van der Waals surface area (Å²) in [6.07, 6.45) is 2.02. The molecule has 0 unspecified atom stereocenters. The highest BCUT2D eigenvalue weighted by molar-refractivity contribution is 7.14. The van der Waals surface area contributed by atoms with E-state index in [1.54, 1.807) is 24.3 Å². The Labute approximate surface area is 119 Å². The molecule has 0 aliphatic heterocycles. The molecule has 100 valence electrons. The molecule has 0 radical (unpaired) electrons. The van der Waals surface area contributed by atoms with Crippen molar-refractivity contribution in [1.29, 1.82) is 0 Å². The van der Waals surface area contributed by atoms with E-state index in [9.17, 15) is 9.90 Å². The number of aromatic carboxylic acids is 1. The van der Waals surface area contributed by atoms with E-state index in [1.807, 2.05) is 0 Å². The maximum Gasteiger partial charge on any atom is 0.347 e. The zero-order valence-corrected chi connectivity index (χ0v) is 11.3. The number of phenols is 1. The average Bonchev–Trinajstić information content (AvgIpc) is 3.18. The molecule has 0 bridgehead atoms. The molecular weight excluding hydrogens is 274 g/mol. The van der Waals surface area contributed by atoms with Crippen LogP contribution in [0.4, 0.5) is 0 Å². The van der Waals surface area contributed by atoms with Crippen LogP contribution in [-0.4, -0.2) is 21.2 Å². The zero-order chi connectivity index (χ0) is 14.1. The SMILES string of the molecule is O=C(O)c1sc(C#Cc2ccc(O)cc2)nc1C1CC1. The second-order valence-electron chi connectivity index (χ2n) is 4.61. The molecule has 2 aromatic rings. The smallest absolute Gasteiger partial charge is 0.347 e. The van der Waals surface area contributed by atoms with Crippen molar-refractivity contribution < 1.29 is 15.0 Å². The van der Waals surface area contributed by atoms with Crippen molar-refractivity contribution in [3.63, 3.8) is 0 Å². The Morgan fingerprint density at radius 1 is 1.25 bits per heavy atom. The lowest BCUT2D eigenvalue weighted by Crippen LogP contribution is -1.97. The van der Waals surface area contributed by atoms with Crippen molar-refractivity contribution in [3.8, 4) is 17.6 Å². The van der Waals surface area contributed by atoms with Gasteiger partial charge < -0.3 is 10.2 Å². The summed E-state index contributed by atoms with van der Waals surface area (Å²) in [5, 5.41) is 18.9. The molecule has 1 heterocycles. The third-order valence-corrected chi connectivity index (χ3v) is 3.97. The molecule has 1 aliphatic carbocycles. The van der Waals surface area contributed by atoms with E-state index < -0.39 is 5.97 Å². The first-order valence-electron chi connectivity index (χ1n) is 6.18. The van der Waals surface area contributed by atoms with Crippen LogP contribution in [0.15, 0.2) is 24.3 Å². The molecule has 4 nitrogen and oxygen atoms in total. The summed E-state index contributed by atoms with van der Waals surface area (Å²) in [5.41, 5.74) is 1.43. The molecule has 1 aromatic heterocycles. The minimum atomic E-state index is -0.929. The van der Waals surface area contributed by atoms with Crippen LogP contribution in [0, 0.1) is 11.8 Å². The Morgan fingerprint density at radius 3 is 2.55 bits per heavy atom. The number of hydrogen-bond donors (Lipinski definition) is 2. The summed E-state index contributed by atoms with van der Waals surface area (Å²) in [7, 11) is 0. The van der Waals surface area contributed by atoms with Gasteiger partial charge in [-0.2, -0.15) is 0 Å². The van der Waals surface area contributed by atoms with E-state index in [0.29, 0.717) is 21.5 Å². The van der Waals surface area contributed by atoms with Gasteiger partial charge in [0, 0.05) is 11.5 Å². The van der Waals surface area contributed by atoms with Crippen molar-refractivity contribution in [2.75, 3.05) is 0 Å². The summed E-state index contributed by atoms with van der Waals surface area (Å²) in [6.45, 7) is 0. The predicted molar refractivity (Wildman–Crippen MR) is 75.1 cm³/mol. The average molecular weight is 285 g/mol. The number of phenolic OH excluding ortho intramolecular Hbond substituents is 1. The first-order chi connectivity index (χ1) is 9.63. The molecule has 0 amide bonds. The Morgan fingerprint density at radius 2 is 1.95 bits per heavy atom. The lowest BCUT2D eigenvalue weighted by molar-refractivity contribution is 0.0700. The number of hydrogen-bond acceptors (Lipinski definition) is 4. The standard InChI is InChI=1S/C15H11NO3S/c17-11-6-1-9(2-7-11)3-8-12-16-13(10-4-5-10)14(20-12)15(18)19/h1-2,6-7,10,17H,4-5H2,(H,18,19). The van der Waals surface area contributed by atoms with Gasteiger partial charge in [0.15, 0.2) is 5.01 Å². The summed E-state index contributed by atoms with van der Waals surface area (Å²) in [6, 6.07) is 6.53. The van der Waals surface area contributed by atoms with Crippen LogP contribution in [0.2, 0.25) is 0 Å². The molecule has 1 fully saturated rings. The van der Waals surface area contributed by atoms with Gasteiger partial charge >= 0.3 is 5.97 Å². The van der Waals surface area contributed by atoms with Gasteiger partial charge in [0.25, 0.3) is 0 Å². The van der Waals surface area contributed by atoms with Gasteiger partial charge in [-0.05, 0) is 43.0 Å². The van der Waals surface area contributed by atoms with Gasteiger partial charge in [-0.1, -0.05) is 17.3 Å². The van der Waals surface area contributed by atoms with Crippen molar-refractivity contribution in [1.82, 2.24) is 4.98 Å². The fourth-order valence-corrected chi connectivity index (χ4v) is 2.69. The summed E-state index contributed by atoms with van der Waals surface area (Å²) in [4.78, 5) is 15.8. The molecule has 1 aliphatic rings. The quantitative estimate of drug-likeness (QED) is 0.832. The monoisotopic (exact) mass is 285 g/mol. The highest BCUT2D eigenvalue weighted by Gasteiger charge is 2.31. The molecule has 0 atom stereocenters. The Balaban J connectivity index is 1.90. The minimum Gasteiger partial charge on any atom is -0.508 e. The third-order valence-electron chi connectivity index (χ3n) is 2.99. The van der Waals surface area contributed by atoms with E-state index >= 15 is 0 Å². The van der Waals surface area contributed by atoms with Crippen LogP contribution in [0.3, 0.4) is 0 Å². The van der Waals surface area contributed by atoms with Crippen molar-refractivity contribution in [2.45, 2.75) is 18.8 Å². The van der Waals surface area contributed by atoms with Crippen LogP contribution < -0.4 is 0 Å². The molecule has 0 spiro atoms. The summed E-state index contributed by atoms with van der Waals surface area (Å²) >= 11 is 1.12. The number of aromatic nitrogens is 1. The molecule has 1 aromatic carbocycles. The van der Waals surface area contributed by atoms with E-state index in [4.69, 9.17) is 5.11 Å². The van der Waals surface area contributed by atoms with Gasteiger partial charge in [-0.15, -0.1) is 0 Å². The first-order valence-corrected chi connectivity index (χ1v) is 7.00. The maximum absolute atomic E-state index is 11.2. The van der Waals surface area contributed by atoms with Gasteiger partial charge in [-0.3, -0.25) is 0 Å². The highest BCUT2D eigenvalue weighted by atomic mass is 32.1. The van der Waals surface area contributed by atoms with E-state index in [1.165, 1.54) is 0 Å². The van der Waals surface area contributed by atoms with Crippen LogP contribution in [0.1, 0.15) is 44.7 Å². The van der Waals surface area contributed by atoms with Crippen LogP contribution in [0.5, 0.6) is 5.75 Å². The molecule has 3 rings (SSSR count). The van der Waals surface area contributed by atoms with Crippen LogP contribution in [-0.2, 0) is 0 Å². The number of benzene rings is 1. The van der Waals surface area contributed by atoms with Crippen LogP contribution >= 0.6 is 11.3 Å². The second kappa shape index (κ2) is 4.99. The van der Waals surface area contributed by atoms with Gasteiger partial charge in [0.05, 0.1) is 5.69 Å². The lowest BCUT2D eigenvalue weighted by atomic mass is 10.2. The molecular formula is C15H11NO3S. The van der Waals surface area contributed by atoms with Crippen molar-refractivity contribution in [3.05, 3.63) is 45.4 Å². The molecule has 20 heavy (non-hydrogen) atoms. The third kappa shape index (κ3) is 2.65. The normalized spacial score (nSPS) is 13.6. The fourth-order valence-electron chi connectivity index (χ4n) is 1.84. The molecule has 5 heteroatoms. The summed E-state index contributed by atoms with van der Waals surface area (Å²) in [5.74, 6) is 5.37. The number of carboxylic acids is 1. The number of thiazole rings is 1. The Bertz CT molecular complexity index is 718. The van der Waals surface area contributed by atoms with Crippen LogP contribution in [0.25, 0.3) is 0 Å². The fraction of sp³-hybridized carbons (Fsp3) is 0.200. The topological polar surface area (TPSA) is 70.4 Å². The highest BCUT2D eigenvalue weighted by Crippen LogP contribution is 2.42. The molecule has 0 saturated heterocycles. The van der Waals surface area contributed by atoms with Gasteiger partial charge in [-0.25, -0.2) is 9.78 Å². The lowest BCUT2D eigenvalue weighted by Gasteiger charge is -1.91. The number of rotatable bonds is 2. The predicted octanol–water partition coefficient (Wildman–Crippen LogP) is 2.82. The number of aromatic hydroxyl groups is 1. The maximum atomic E-state index is 11.2. The Hall–Kier alpha value is -2.32. The van der Waals surface area contributed by atoms with Crippen molar-refractivity contribution >= 4 is 17.3 Å². The molecule has 2 N–H and O–H groups in total. The van der Waals surface area contributed by atoms with E-state index in [0.717, 1.165) is 29.7 Å². The number of carboxylic acid groups (broad SMARTS) is 1. The van der Waals surface area contributed by atoms with Gasteiger partial charge in [0.1, 0.15) is 10.6 Å². The zero-order valence-electron chi connectivity index (χ0n) is 10.5. The van der Waals surface area contributed by atoms with Gasteiger partial charge in [0.2, 0.25) is 0 Å². The number of nitrogens with zero attached hydrogens (tertiary/aromatic N) is 1. The minimum absolute atomic E-state index is 0.189. The number of carbonyl (C=O) groups is 1. The van der Waals surface area contributed by atoms with E-state index in [2.05, 4.69) is 16.8 Å². The molecule has 1 saturated carbocycles. The van der Waals surface area contributed by atoms with E-state index in [-0.39, 0.29) is 5.75 Å². The Kier molecular flexibility index (Phi) is 3.17. The first kappa shape index (κ1) is 12.7. The largest absolute Gasteiger partial charge is 0.508 e. The van der Waals surface area contributed by atoms with Crippen molar-refractivity contribution in [2.24, 2.45) is 0 Å². The summed E-state index contributed by atoms with van der Waals surface area (Å²) < 4.78 is 0. The second-order valence-corrected chi connectivity index (χ2v) is 5.61.